The third-order valence-corrected chi connectivity index (χ3v) is 4.07. The second-order valence-electron chi connectivity index (χ2n) is 8.35. The molecule has 1 amide bonds. The Morgan fingerprint density at radius 2 is 1.30 bits per heavy atom. The van der Waals surface area contributed by atoms with Crippen LogP contribution in [0.1, 0.15) is 83.4 Å². The van der Waals surface area contributed by atoms with Crippen LogP contribution in [0, 0.1) is 0 Å². The van der Waals surface area contributed by atoms with E-state index in [1.54, 1.807) is 6.07 Å². The summed E-state index contributed by atoms with van der Waals surface area (Å²) >= 11 is 0. The number of rotatable bonds is 2. The molecule has 27 heavy (non-hydrogen) atoms. The highest BCUT2D eigenvalue weighted by atomic mass is 16.1. The summed E-state index contributed by atoms with van der Waals surface area (Å²) in [6, 6.07) is 16.0. The Labute approximate surface area is 167 Å². The maximum absolute atomic E-state index is 10.9. The van der Waals surface area contributed by atoms with Crippen LogP contribution in [-0.2, 0) is 17.4 Å². The average molecular weight is 373 g/mol. The molecular weight excluding hydrogens is 332 g/mol. The molecule has 0 unspecified atom stereocenters. The smallest absolute Gasteiger partial charge is 0.248 e. The van der Waals surface area contributed by atoms with Crippen LogP contribution >= 0.6 is 0 Å². The summed E-state index contributed by atoms with van der Waals surface area (Å²) in [6.07, 6.45) is 0. The van der Waals surface area contributed by atoms with E-state index in [2.05, 4.69) is 65.8 Å². The number of carbonyl (C=O) groups is 1. The highest BCUT2D eigenvalue weighted by Crippen LogP contribution is 2.23. The van der Waals surface area contributed by atoms with Gasteiger partial charge < -0.3 is 11.5 Å². The number of primary amides is 1. The van der Waals surface area contributed by atoms with E-state index >= 15 is 0 Å². The number of amides is 1. The van der Waals surface area contributed by atoms with Crippen LogP contribution in [0.3, 0.4) is 0 Å². The van der Waals surface area contributed by atoms with Gasteiger partial charge in [0.15, 0.2) is 0 Å². The lowest BCUT2D eigenvalue weighted by molar-refractivity contribution is 0.1000. The standard InChI is InChI=1S/C11H15NO.C11H17N.2CH4/c1-11(2,3)9-6-4-5-8(7-9)10(12)13;1-11(2,3)10-6-4-9(8-12)5-7-10;;/h4-7H,1-3H3,(H2,12,13);4-7H,8,12H2,1-3H3;2*1H4. The minimum absolute atomic E-state index is 0. The van der Waals surface area contributed by atoms with Crippen LogP contribution in [0.15, 0.2) is 48.5 Å². The molecule has 0 fully saturated rings. The monoisotopic (exact) mass is 372 g/mol. The van der Waals surface area contributed by atoms with Crippen molar-refractivity contribution in [2.45, 2.75) is 73.8 Å². The van der Waals surface area contributed by atoms with E-state index in [0.29, 0.717) is 12.1 Å². The zero-order chi connectivity index (χ0) is 19.3. The molecule has 2 aromatic rings. The molecule has 4 N–H and O–H groups in total. The van der Waals surface area contributed by atoms with Gasteiger partial charge in [-0.15, -0.1) is 0 Å². The van der Waals surface area contributed by atoms with Crippen molar-refractivity contribution in [2.24, 2.45) is 11.5 Å². The van der Waals surface area contributed by atoms with E-state index in [0.717, 1.165) is 5.56 Å². The van der Waals surface area contributed by atoms with E-state index < -0.39 is 0 Å². The lowest BCUT2D eigenvalue weighted by Gasteiger charge is -2.19. The Balaban J connectivity index is 0. The molecule has 152 valence electrons. The molecule has 0 aliphatic heterocycles. The fourth-order valence-electron chi connectivity index (χ4n) is 2.28. The molecule has 0 spiro atoms. The molecule has 2 rings (SSSR count). The Hall–Kier alpha value is -2.13. The van der Waals surface area contributed by atoms with Crippen molar-refractivity contribution < 1.29 is 4.79 Å². The molecule has 0 aromatic heterocycles. The Bertz CT molecular complexity index is 690. The van der Waals surface area contributed by atoms with Gasteiger partial charge in [0, 0.05) is 12.1 Å². The highest BCUT2D eigenvalue weighted by molar-refractivity contribution is 5.92. The van der Waals surface area contributed by atoms with Crippen molar-refractivity contribution in [3.05, 3.63) is 70.8 Å². The largest absolute Gasteiger partial charge is 0.366 e. The zero-order valence-electron chi connectivity index (χ0n) is 16.4. The number of nitrogens with two attached hydrogens (primary N) is 2. The molecule has 0 aliphatic carbocycles. The first-order valence-electron chi connectivity index (χ1n) is 8.65. The summed E-state index contributed by atoms with van der Waals surface area (Å²) in [4.78, 5) is 10.9. The van der Waals surface area contributed by atoms with Gasteiger partial charge in [0.1, 0.15) is 0 Å². The van der Waals surface area contributed by atoms with Crippen LogP contribution in [0.4, 0.5) is 0 Å². The van der Waals surface area contributed by atoms with E-state index in [1.165, 1.54) is 11.1 Å². The average Bonchev–Trinajstić information content (AvgIpc) is 2.54. The van der Waals surface area contributed by atoms with Gasteiger partial charge in [-0.2, -0.15) is 0 Å². The fourth-order valence-corrected chi connectivity index (χ4v) is 2.28. The lowest BCUT2D eigenvalue weighted by atomic mass is 9.86. The molecule has 0 aliphatic rings. The summed E-state index contributed by atoms with van der Waals surface area (Å²) in [6.45, 7) is 13.6. The molecule has 0 saturated carbocycles. The number of hydrogen-bond acceptors (Lipinski definition) is 2. The van der Waals surface area contributed by atoms with E-state index in [-0.39, 0.29) is 31.6 Å². The third-order valence-electron chi connectivity index (χ3n) is 4.07. The van der Waals surface area contributed by atoms with Gasteiger partial charge in [0.25, 0.3) is 0 Å². The molecule has 0 atom stereocenters. The van der Waals surface area contributed by atoms with Crippen LogP contribution in [0.25, 0.3) is 0 Å². The van der Waals surface area contributed by atoms with Crippen molar-refractivity contribution in [1.29, 1.82) is 0 Å². The molecule has 0 radical (unpaired) electrons. The maximum atomic E-state index is 10.9. The number of hydrogen-bond donors (Lipinski definition) is 2. The summed E-state index contributed by atoms with van der Waals surface area (Å²) in [5, 5.41) is 0. The molecular formula is C24H40N2O. The predicted octanol–water partition coefficient (Wildman–Crippen LogP) is 5.80. The summed E-state index contributed by atoms with van der Waals surface area (Å²) in [7, 11) is 0. The van der Waals surface area contributed by atoms with E-state index in [9.17, 15) is 4.79 Å². The van der Waals surface area contributed by atoms with Crippen molar-refractivity contribution in [3.63, 3.8) is 0 Å². The van der Waals surface area contributed by atoms with Crippen molar-refractivity contribution in [3.8, 4) is 0 Å². The minimum atomic E-state index is -0.369. The summed E-state index contributed by atoms with van der Waals surface area (Å²) < 4.78 is 0. The van der Waals surface area contributed by atoms with Crippen LogP contribution in [0.5, 0.6) is 0 Å². The van der Waals surface area contributed by atoms with Gasteiger partial charge in [-0.3, -0.25) is 4.79 Å². The van der Waals surface area contributed by atoms with Crippen LogP contribution < -0.4 is 11.5 Å². The van der Waals surface area contributed by atoms with Crippen molar-refractivity contribution in [1.82, 2.24) is 0 Å². The van der Waals surface area contributed by atoms with Crippen LogP contribution in [-0.4, -0.2) is 5.91 Å². The van der Waals surface area contributed by atoms with Gasteiger partial charge in [-0.25, -0.2) is 0 Å². The van der Waals surface area contributed by atoms with Gasteiger partial charge >= 0.3 is 0 Å². The first-order chi connectivity index (χ1) is 11.4. The summed E-state index contributed by atoms with van der Waals surface area (Å²) in [5.41, 5.74) is 15.3. The summed E-state index contributed by atoms with van der Waals surface area (Å²) in [5.74, 6) is -0.369. The van der Waals surface area contributed by atoms with Gasteiger partial charge in [0.05, 0.1) is 0 Å². The first kappa shape index (κ1) is 27.1. The minimum Gasteiger partial charge on any atom is -0.366 e. The molecule has 0 saturated heterocycles. The predicted molar refractivity (Wildman–Crippen MR) is 120 cm³/mol. The normalized spacial score (nSPS) is 10.6. The Morgan fingerprint density at radius 3 is 1.67 bits per heavy atom. The molecule has 3 heteroatoms. The second kappa shape index (κ2) is 10.9. The van der Waals surface area contributed by atoms with Gasteiger partial charge in [-0.1, -0.05) is 92.8 Å². The molecule has 3 nitrogen and oxygen atoms in total. The van der Waals surface area contributed by atoms with Gasteiger partial charge in [0.2, 0.25) is 5.91 Å². The van der Waals surface area contributed by atoms with Crippen LogP contribution in [0.2, 0.25) is 0 Å². The molecule has 2 aromatic carbocycles. The Morgan fingerprint density at radius 1 is 0.815 bits per heavy atom. The van der Waals surface area contributed by atoms with E-state index in [4.69, 9.17) is 11.5 Å². The third kappa shape index (κ3) is 8.87. The van der Waals surface area contributed by atoms with E-state index in [1.807, 2.05) is 18.2 Å². The van der Waals surface area contributed by atoms with Crippen molar-refractivity contribution >= 4 is 5.91 Å². The second-order valence-corrected chi connectivity index (χ2v) is 8.35. The fraction of sp³-hybridized carbons (Fsp3) is 0.458. The number of benzene rings is 2. The maximum Gasteiger partial charge on any atom is 0.248 e. The first-order valence-corrected chi connectivity index (χ1v) is 8.65. The number of carbonyl (C=O) groups excluding carboxylic acids is 1. The SMILES string of the molecule is C.C.CC(C)(C)c1ccc(CN)cc1.CC(C)(C)c1cccc(C(N)=O)c1. The zero-order valence-corrected chi connectivity index (χ0v) is 16.4. The highest BCUT2D eigenvalue weighted by Gasteiger charge is 2.14. The molecule has 0 bridgehead atoms. The Kier molecular flexibility index (Phi) is 10.9. The lowest BCUT2D eigenvalue weighted by Crippen LogP contribution is -2.15. The van der Waals surface area contributed by atoms with Crippen molar-refractivity contribution in [2.75, 3.05) is 0 Å². The van der Waals surface area contributed by atoms with Gasteiger partial charge in [-0.05, 0) is 39.7 Å². The quantitative estimate of drug-likeness (QED) is 0.699. The molecule has 0 heterocycles. The topological polar surface area (TPSA) is 69.1 Å².